The van der Waals surface area contributed by atoms with Crippen molar-refractivity contribution in [3.8, 4) is 0 Å². The summed E-state index contributed by atoms with van der Waals surface area (Å²) in [6.07, 6.45) is 4.70. The summed E-state index contributed by atoms with van der Waals surface area (Å²) in [6, 6.07) is 0.860. The Kier molecular flexibility index (Phi) is 2.14. The molecule has 2 nitrogen and oxygen atoms in total. The summed E-state index contributed by atoms with van der Waals surface area (Å²) in [5.41, 5.74) is 0. The molecule has 0 spiro atoms. The highest BCUT2D eigenvalue weighted by molar-refractivity contribution is 4.83. The minimum absolute atomic E-state index is 0.585. The summed E-state index contributed by atoms with van der Waals surface area (Å²) in [6.45, 7) is 5.79. The van der Waals surface area contributed by atoms with E-state index >= 15 is 0 Å². The highest BCUT2D eigenvalue weighted by Crippen LogP contribution is 2.22. The first kappa shape index (κ1) is 7.56. The van der Waals surface area contributed by atoms with E-state index in [4.69, 9.17) is 4.74 Å². The second-order valence-electron chi connectivity index (χ2n) is 3.65. The van der Waals surface area contributed by atoms with Crippen LogP contribution in [0.1, 0.15) is 26.2 Å². The second kappa shape index (κ2) is 3.11. The first-order valence-corrected chi connectivity index (χ1v) is 4.76. The average molecular weight is 155 g/mol. The summed E-state index contributed by atoms with van der Waals surface area (Å²) < 4.78 is 5.22. The van der Waals surface area contributed by atoms with Crippen molar-refractivity contribution >= 4 is 0 Å². The van der Waals surface area contributed by atoms with Crippen molar-refractivity contribution in [1.82, 2.24) is 4.90 Å². The van der Waals surface area contributed by atoms with Gasteiger partial charge < -0.3 is 4.74 Å². The average Bonchev–Trinajstić information content (AvgIpc) is 2.68. The number of epoxide rings is 1. The monoisotopic (exact) mass is 155 g/mol. The predicted octanol–water partition coefficient (Wildman–Crippen LogP) is 1.26. The van der Waals surface area contributed by atoms with E-state index in [0.29, 0.717) is 6.10 Å². The zero-order valence-electron chi connectivity index (χ0n) is 7.25. The van der Waals surface area contributed by atoms with Gasteiger partial charge in [-0.1, -0.05) is 6.92 Å². The number of rotatable bonds is 3. The van der Waals surface area contributed by atoms with Gasteiger partial charge in [-0.2, -0.15) is 0 Å². The lowest BCUT2D eigenvalue weighted by Gasteiger charge is -2.21. The smallest absolute Gasteiger partial charge is 0.0936 e. The molecule has 2 saturated heterocycles. The maximum Gasteiger partial charge on any atom is 0.0936 e. The molecule has 2 atom stereocenters. The number of nitrogens with zero attached hydrogens (tertiary/aromatic N) is 1. The van der Waals surface area contributed by atoms with Crippen molar-refractivity contribution in [1.29, 1.82) is 0 Å². The molecule has 1 unspecified atom stereocenters. The highest BCUT2D eigenvalue weighted by atomic mass is 16.6. The molecule has 2 aliphatic heterocycles. The Morgan fingerprint density at radius 3 is 3.00 bits per heavy atom. The number of hydrogen-bond acceptors (Lipinski definition) is 2. The topological polar surface area (TPSA) is 15.8 Å². The van der Waals surface area contributed by atoms with Gasteiger partial charge in [0.2, 0.25) is 0 Å². The normalized spacial score (nSPS) is 37.9. The van der Waals surface area contributed by atoms with E-state index in [2.05, 4.69) is 11.8 Å². The summed E-state index contributed by atoms with van der Waals surface area (Å²) >= 11 is 0. The first-order chi connectivity index (χ1) is 5.40. The van der Waals surface area contributed by atoms with Crippen molar-refractivity contribution < 1.29 is 4.74 Å². The molecule has 0 bridgehead atoms. The minimum Gasteiger partial charge on any atom is -0.372 e. The summed E-state index contributed by atoms with van der Waals surface area (Å²) in [4.78, 5) is 2.59. The standard InChI is InChI=1S/C9H17NO/c1-2-8-4-3-5-10(8)6-9-7-11-9/h8-9H,2-7H2,1H3/t8?,9-/m1/s1. The molecule has 2 rings (SSSR count). The third kappa shape index (κ3) is 1.74. The van der Waals surface area contributed by atoms with Crippen LogP contribution in [0.2, 0.25) is 0 Å². The molecular formula is C9H17NO. The van der Waals surface area contributed by atoms with Gasteiger partial charge in [0.1, 0.15) is 0 Å². The molecule has 0 saturated carbocycles. The molecule has 64 valence electrons. The molecule has 2 heteroatoms. The molecule has 0 aliphatic carbocycles. The van der Waals surface area contributed by atoms with Crippen LogP contribution in [-0.2, 0) is 4.74 Å². The van der Waals surface area contributed by atoms with Gasteiger partial charge in [-0.05, 0) is 25.8 Å². The summed E-state index contributed by atoms with van der Waals surface area (Å²) in [7, 11) is 0. The van der Waals surface area contributed by atoms with Gasteiger partial charge in [-0.3, -0.25) is 4.90 Å². The summed E-state index contributed by atoms with van der Waals surface area (Å²) in [5.74, 6) is 0. The van der Waals surface area contributed by atoms with Gasteiger partial charge in [-0.15, -0.1) is 0 Å². The van der Waals surface area contributed by atoms with Crippen molar-refractivity contribution in [3.05, 3.63) is 0 Å². The predicted molar refractivity (Wildman–Crippen MR) is 44.6 cm³/mol. The van der Waals surface area contributed by atoms with Crippen LogP contribution in [0, 0.1) is 0 Å². The summed E-state index contributed by atoms with van der Waals surface area (Å²) in [5, 5.41) is 0. The fraction of sp³-hybridized carbons (Fsp3) is 1.00. The van der Waals surface area contributed by atoms with E-state index in [-0.39, 0.29) is 0 Å². The number of hydrogen-bond donors (Lipinski definition) is 0. The largest absolute Gasteiger partial charge is 0.372 e. The van der Waals surface area contributed by atoms with Crippen LogP contribution in [0.4, 0.5) is 0 Å². The molecule has 2 fully saturated rings. The van der Waals surface area contributed by atoms with E-state index in [0.717, 1.165) is 12.6 Å². The van der Waals surface area contributed by atoms with Gasteiger partial charge in [0.25, 0.3) is 0 Å². The van der Waals surface area contributed by atoms with Crippen molar-refractivity contribution in [2.75, 3.05) is 19.7 Å². The molecule has 0 aromatic heterocycles. The van der Waals surface area contributed by atoms with Crippen LogP contribution in [0.3, 0.4) is 0 Å². The van der Waals surface area contributed by atoms with Crippen LogP contribution in [0.15, 0.2) is 0 Å². The van der Waals surface area contributed by atoms with Crippen LogP contribution >= 0.6 is 0 Å². The number of ether oxygens (including phenoxy) is 1. The molecule has 0 radical (unpaired) electrons. The van der Waals surface area contributed by atoms with Crippen molar-refractivity contribution in [2.45, 2.75) is 38.3 Å². The molecule has 0 aromatic rings. The van der Waals surface area contributed by atoms with Gasteiger partial charge in [-0.25, -0.2) is 0 Å². The third-order valence-corrected chi connectivity index (χ3v) is 2.81. The van der Waals surface area contributed by atoms with Crippen LogP contribution in [-0.4, -0.2) is 36.7 Å². The molecule has 0 aromatic carbocycles. The van der Waals surface area contributed by atoms with Gasteiger partial charge in [0.05, 0.1) is 12.7 Å². The van der Waals surface area contributed by atoms with E-state index in [9.17, 15) is 0 Å². The van der Waals surface area contributed by atoms with Crippen LogP contribution in [0.5, 0.6) is 0 Å². The zero-order chi connectivity index (χ0) is 7.68. The van der Waals surface area contributed by atoms with Gasteiger partial charge >= 0.3 is 0 Å². The lowest BCUT2D eigenvalue weighted by atomic mass is 10.2. The van der Waals surface area contributed by atoms with E-state index < -0.39 is 0 Å². The Labute approximate surface area is 68.5 Å². The fourth-order valence-electron chi connectivity index (χ4n) is 2.03. The maximum absolute atomic E-state index is 5.22. The third-order valence-electron chi connectivity index (χ3n) is 2.81. The molecule has 0 N–H and O–H groups in total. The molecule has 2 aliphatic rings. The lowest BCUT2D eigenvalue weighted by molar-refractivity contribution is 0.222. The Morgan fingerprint density at radius 1 is 1.55 bits per heavy atom. The zero-order valence-corrected chi connectivity index (χ0v) is 7.25. The Hall–Kier alpha value is -0.0800. The lowest BCUT2D eigenvalue weighted by Crippen LogP contribution is -2.32. The molecule has 11 heavy (non-hydrogen) atoms. The number of likely N-dealkylation sites (tertiary alicyclic amines) is 1. The molecule has 0 amide bonds. The Bertz CT molecular complexity index is 134. The maximum atomic E-state index is 5.22. The van der Waals surface area contributed by atoms with E-state index in [1.807, 2.05) is 0 Å². The van der Waals surface area contributed by atoms with E-state index in [1.54, 1.807) is 0 Å². The Balaban J connectivity index is 1.79. The SMILES string of the molecule is CCC1CCCN1C[C@@H]1CO1. The quantitative estimate of drug-likeness (QED) is 0.570. The molecule has 2 heterocycles. The Morgan fingerprint density at radius 2 is 2.36 bits per heavy atom. The van der Waals surface area contributed by atoms with Gasteiger partial charge in [0, 0.05) is 12.6 Å². The van der Waals surface area contributed by atoms with Gasteiger partial charge in [0.15, 0.2) is 0 Å². The highest BCUT2D eigenvalue weighted by Gasteiger charge is 2.30. The van der Waals surface area contributed by atoms with Crippen LogP contribution in [0.25, 0.3) is 0 Å². The van der Waals surface area contributed by atoms with E-state index in [1.165, 1.54) is 32.4 Å². The van der Waals surface area contributed by atoms with Crippen LogP contribution < -0.4 is 0 Å². The minimum atomic E-state index is 0.585. The van der Waals surface area contributed by atoms with Crippen molar-refractivity contribution in [3.63, 3.8) is 0 Å². The van der Waals surface area contributed by atoms with Crippen molar-refractivity contribution in [2.24, 2.45) is 0 Å². The molecular weight excluding hydrogens is 138 g/mol. The second-order valence-corrected chi connectivity index (χ2v) is 3.65. The first-order valence-electron chi connectivity index (χ1n) is 4.76. The fourth-order valence-corrected chi connectivity index (χ4v) is 2.03.